The highest BCUT2D eigenvalue weighted by molar-refractivity contribution is 5.85. The van der Waals surface area contributed by atoms with Crippen molar-refractivity contribution in [3.05, 3.63) is 29.8 Å². The SMILES string of the molecule is CCOc1ccccc1CCN.Cl. The number of ether oxygens (including phenoxy) is 1. The Morgan fingerprint density at radius 3 is 2.62 bits per heavy atom. The van der Waals surface area contributed by atoms with Crippen molar-refractivity contribution in [3.8, 4) is 5.75 Å². The second-order valence-corrected chi connectivity index (χ2v) is 2.58. The van der Waals surface area contributed by atoms with Gasteiger partial charge in [-0.15, -0.1) is 12.4 Å². The first-order valence-corrected chi connectivity index (χ1v) is 4.29. The van der Waals surface area contributed by atoms with Gasteiger partial charge in [-0.1, -0.05) is 18.2 Å². The number of benzene rings is 1. The maximum atomic E-state index is 5.47. The summed E-state index contributed by atoms with van der Waals surface area (Å²) in [6, 6.07) is 8.02. The summed E-state index contributed by atoms with van der Waals surface area (Å²) >= 11 is 0. The second kappa shape index (κ2) is 6.75. The van der Waals surface area contributed by atoms with Crippen molar-refractivity contribution in [3.63, 3.8) is 0 Å². The van der Waals surface area contributed by atoms with Crippen LogP contribution in [0, 0.1) is 0 Å². The van der Waals surface area contributed by atoms with Gasteiger partial charge < -0.3 is 10.5 Å². The maximum Gasteiger partial charge on any atom is 0.122 e. The highest BCUT2D eigenvalue weighted by Crippen LogP contribution is 2.17. The molecule has 13 heavy (non-hydrogen) atoms. The number of nitrogens with two attached hydrogens (primary N) is 1. The maximum absolute atomic E-state index is 5.47. The van der Waals surface area contributed by atoms with E-state index in [1.807, 2.05) is 25.1 Å². The Morgan fingerprint density at radius 1 is 1.31 bits per heavy atom. The molecule has 0 aliphatic carbocycles. The van der Waals surface area contributed by atoms with E-state index in [2.05, 4.69) is 6.07 Å². The van der Waals surface area contributed by atoms with Gasteiger partial charge in [0.2, 0.25) is 0 Å². The van der Waals surface area contributed by atoms with E-state index < -0.39 is 0 Å². The minimum absolute atomic E-state index is 0. The molecule has 2 nitrogen and oxygen atoms in total. The van der Waals surface area contributed by atoms with Crippen LogP contribution in [-0.2, 0) is 6.42 Å². The van der Waals surface area contributed by atoms with Gasteiger partial charge in [-0.05, 0) is 31.5 Å². The van der Waals surface area contributed by atoms with Crippen LogP contribution in [0.2, 0.25) is 0 Å². The number of para-hydroxylation sites is 1. The third-order valence-corrected chi connectivity index (χ3v) is 1.69. The van der Waals surface area contributed by atoms with Crippen LogP contribution in [0.15, 0.2) is 24.3 Å². The molecular weight excluding hydrogens is 186 g/mol. The molecule has 0 unspecified atom stereocenters. The fourth-order valence-electron chi connectivity index (χ4n) is 1.16. The van der Waals surface area contributed by atoms with E-state index in [0.717, 1.165) is 12.2 Å². The molecule has 0 atom stereocenters. The monoisotopic (exact) mass is 201 g/mol. The molecule has 0 aliphatic heterocycles. The Hall–Kier alpha value is -0.730. The summed E-state index contributed by atoms with van der Waals surface area (Å²) in [6.45, 7) is 3.37. The summed E-state index contributed by atoms with van der Waals surface area (Å²) in [5.74, 6) is 0.963. The average molecular weight is 202 g/mol. The Morgan fingerprint density at radius 2 is 2.00 bits per heavy atom. The summed E-state index contributed by atoms with van der Waals surface area (Å²) in [4.78, 5) is 0. The largest absolute Gasteiger partial charge is 0.494 e. The first-order chi connectivity index (χ1) is 5.88. The number of hydrogen-bond acceptors (Lipinski definition) is 2. The zero-order valence-corrected chi connectivity index (χ0v) is 8.64. The molecule has 0 spiro atoms. The standard InChI is InChI=1S/C10H15NO.ClH/c1-2-12-10-6-4-3-5-9(10)7-8-11;/h3-6H,2,7-8,11H2,1H3;1H. The average Bonchev–Trinajstić information content (AvgIpc) is 2.09. The van der Waals surface area contributed by atoms with E-state index in [0.29, 0.717) is 13.2 Å². The highest BCUT2D eigenvalue weighted by Gasteiger charge is 1.99. The lowest BCUT2D eigenvalue weighted by Gasteiger charge is -2.08. The van der Waals surface area contributed by atoms with Crippen molar-refractivity contribution in [2.75, 3.05) is 13.2 Å². The molecule has 0 heterocycles. The van der Waals surface area contributed by atoms with Gasteiger partial charge in [0.25, 0.3) is 0 Å². The highest BCUT2D eigenvalue weighted by atomic mass is 35.5. The molecule has 74 valence electrons. The van der Waals surface area contributed by atoms with E-state index in [1.165, 1.54) is 5.56 Å². The molecule has 1 aromatic carbocycles. The topological polar surface area (TPSA) is 35.2 Å². The van der Waals surface area contributed by atoms with E-state index in [9.17, 15) is 0 Å². The fraction of sp³-hybridized carbons (Fsp3) is 0.400. The molecule has 0 fully saturated rings. The first-order valence-electron chi connectivity index (χ1n) is 4.29. The second-order valence-electron chi connectivity index (χ2n) is 2.58. The van der Waals surface area contributed by atoms with Gasteiger partial charge in [0.15, 0.2) is 0 Å². The summed E-state index contributed by atoms with van der Waals surface area (Å²) in [5, 5.41) is 0. The van der Waals surface area contributed by atoms with Crippen LogP contribution in [0.5, 0.6) is 5.75 Å². The lowest BCUT2D eigenvalue weighted by atomic mass is 10.1. The van der Waals surface area contributed by atoms with E-state index in [1.54, 1.807) is 0 Å². The van der Waals surface area contributed by atoms with Gasteiger partial charge in [-0.2, -0.15) is 0 Å². The molecular formula is C10H16ClNO. The minimum atomic E-state index is 0. The summed E-state index contributed by atoms with van der Waals surface area (Å²) in [6.07, 6.45) is 0.885. The third kappa shape index (κ3) is 3.66. The summed E-state index contributed by atoms with van der Waals surface area (Å²) in [7, 11) is 0. The predicted octanol–water partition coefficient (Wildman–Crippen LogP) is 2.01. The van der Waals surface area contributed by atoms with E-state index in [-0.39, 0.29) is 12.4 Å². The van der Waals surface area contributed by atoms with Crippen LogP contribution >= 0.6 is 12.4 Å². The van der Waals surface area contributed by atoms with Crippen molar-refractivity contribution < 1.29 is 4.74 Å². The van der Waals surface area contributed by atoms with Gasteiger partial charge in [0.05, 0.1) is 6.61 Å². The third-order valence-electron chi connectivity index (χ3n) is 1.69. The Balaban J connectivity index is 0.00000144. The summed E-state index contributed by atoms with van der Waals surface area (Å²) < 4.78 is 5.43. The zero-order chi connectivity index (χ0) is 8.81. The molecule has 3 heteroatoms. The first kappa shape index (κ1) is 12.3. The lowest BCUT2D eigenvalue weighted by molar-refractivity contribution is 0.336. The van der Waals surface area contributed by atoms with Crippen molar-refractivity contribution in [2.24, 2.45) is 5.73 Å². The molecule has 0 aromatic heterocycles. The Kier molecular flexibility index (Phi) is 6.37. The molecule has 0 bridgehead atoms. The van der Waals surface area contributed by atoms with Crippen LogP contribution in [0.1, 0.15) is 12.5 Å². The van der Waals surface area contributed by atoms with Crippen molar-refractivity contribution in [1.29, 1.82) is 0 Å². The van der Waals surface area contributed by atoms with Crippen molar-refractivity contribution >= 4 is 12.4 Å². The van der Waals surface area contributed by atoms with Gasteiger partial charge >= 0.3 is 0 Å². The van der Waals surface area contributed by atoms with Crippen LogP contribution in [0.4, 0.5) is 0 Å². The molecule has 0 radical (unpaired) electrons. The van der Waals surface area contributed by atoms with Crippen LogP contribution in [0.3, 0.4) is 0 Å². The molecule has 0 saturated carbocycles. The van der Waals surface area contributed by atoms with Crippen molar-refractivity contribution in [1.82, 2.24) is 0 Å². The molecule has 2 N–H and O–H groups in total. The molecule has 1 rings (SSSR count). The quantitative estimate of drug-likeness (QED) is 0.809. The van der Waals surface area contributed by atoms with Gasteiger partial charge in [-0.3, -0.25) is 0 Å². The lowest BCUT2D eigenvalue weighted by Crippen LogP contribution is -2.04. The fourth-order valence-corrected chi connectivity index (χ4v) is 1.16. The van der Waals surface area contributed by atoms with Crippen LogP contribution in [0.25, 0.3) is 0 Å². The minimum Gasteiger partial charge on any atom is -0.494 e. The number of rotatable bonds is 4. The molecule has 0 saturated heterocycles. The molecule has 1 aromatic rings. The Labute approximate surface area is 85.5 Å². The van der Waals surface area contributed by atoms with E-state index >= 15 is 0 Å². The smallest absolute Gasteiger partial charge is 0.122 e. The molecule has 0 aliphatic rings. The summed E-state index contributed by atoms with van der Waals surface area (Å²) in [5.41, 5.74) is 6.67. The van der Waals surface area contributed by atoms with Crippen LogP contribution in [-0.4, -0.2) is 13.2 Å². The van der Waals surface area contributed by atoms with E-state index in [4.69, 9.17) is 10.5 Å². The zero-order valence-electron chi connectivity index (χ0n) is 7.82. The van der Waals surface area contributed by atoms with Crippen LogP contribution < -0.4 is 10.5 Å². The van der Waals surface area contributed by atoms with Crippen molar-refractivity contribution in [2.45, 2.75) is 13.3 Å². The number of hydrogen-bond donors (Lipinski definition) is 1. The normalized spacial score (nSPS) is 9.08. The molecule has 0 amide bonds. The van der Waals surface area contributed by atoms with Gasteiger partial charge in [0, 0.05) is 0 Å². The predicted molar refractivity (Wildman–Crippen MR) is 57.6 cm³/mol. The Bertz CT molecular complexity index is 215. The number of halogens is 1. The van der Waals surface area contributed by atoms with Gasteiger partial charge in [-0.25, -0.2) is 0 Å². The van der Waals surface area contributed by atoms with Gasteiger partial charge in [0.1, 0.15) is 5.75 Å².